The molecule has 0 aliphatic heterocycles. The van der Waals surface area contributed by atoms with Crippen molar-refractivity contribution in [2.75, 3.05) is 0 Å². The van der Waals surface area contributed by atoms with Crippen LogP contribution < -0.4 is 0 Å². The summed E-state index contributed by atoms with van der Waals surface area (Å²) in [5.41, 5.74) is 3.15. The lowest BCUT2D eigenvalue weighted by Crippen LogP contribution is -2.36. The molecule has 3 saturated carbocycles. The van der Waals surface area contributed by atoms with E-state index in [0.29, 0.717) is 23.7 Å². The van der Waals surface area contributed by atoms with Crippen LogP contribution >= 0.6 is 0 Å². The minimum Gasteiger partial charge on any atom is -0.392 e. The van der Waals surface area contributed by atoms with Gasteiger partial charge in [-0.2, -0.15) is 0 Å². The first kappa shape index (κ1) is 24.7. The van der Waals surface area contributed by atoms with Gasteiger partial charge < -0.3 is 15.3 Å². The van der Waals surface area contributed by atoms with Crippen molar-refractivity contribution in [3.05, 3.63) is 35.5 Å². The van der Waals surface area contributed by atoms with Gasteiger partial charge in [-0.15, -0.1) is 0 Å². The van der Waals surface area contributed by atoms with E-state index in [-0.39, 0.29) is 5.92 Å². The Kier molecular flexibility index (Phi) is 7.61. The minimum atomic E-state index is -0.648. The van der Waals surface area contributed by atoms with Gasteiger partial charge in [0.05, 0.1) is 17.8 Å². The number of hydrogen-bond acceptors (Lipinski definition) is 3. The molecule has 176 valence electrons. The van der Waals surface area contributed by atoms with Crippen molar-refractivity contribution in [3.63, 3.8) is 0 Å². The Morgan fingerprint density at radius 1 is 1.23 bits per heavy atom. The number of aliphatic hydroxyl groups excluding tert-OH is 2. The van der Waals surface area contributed by atoms with Gasteiger partial charge in [0.2, 0.25) is 0 Å². The molecule has 0 heterocycles. The fraction of sp³-hybridized carbons (Fsp3) is 0.786. The molecule has 3 fully saturated rings. The van der Waals surface area contributed by atoms with Gasteiger partial charge in [0.15, 0.2) is 0 Å². The zero-order valence-electron chi connectivity index (χ0n) is 20.5. The smallest absolute Gasteiger partial charge is 0.0837 e. The van der Waals surface area contributed by atoms with Gasteiger partial charge in [-0.25, -0.2) is 0 Å². The lowest BCUT2D eigenvalue weighted by Gasteiger charge is -2.44. The number of rotatable bonds is 6. The summed E-state index contributed by atoms with van der Waals surface area (Å²) in [5.74, 6) is 1.94. The summed E-state index contributed by atoms with van der Waals surface area (Å²) in [4.78, 5) is 0. The Morgan fingerprint density at radius 2 is 1.94 bits per heavy atom. The maximum atomic E-state index is 10.4. The summed E-state index contributed by atoms with van der Waals surface area (Å²) in [5, 5.41) is 30.7. The largest absolute Gasteiger partial charge is 0.392 e. The van der Waals surface area contributed by atoms with E-state index in [1.165, 1.54) is 32.1 Å². The Balaban J connectivity index is 1.71. The average molecular weight is 431 g/mol. The molecule has 0 bridgehead atoms. The van der Waals surface area contributed by atoms with E-state index >= 15 is 0 Å². The SMILES string of the molecule is C=C1/C(=C\C=C2CCC[C@@]3(C)C2CC[C@@H]3[C@H](C)CCCC(C)(C)O)C[C@H](O)[C@@H](C)[C@@H]1O. The Hall–Kier alpha value is -0.900. The number of fused-ring (bicyclic) bond motifs is 1. The van der Waals surface area contributed by atoms with Crippen LogP contribution in [0.1, 0.15) is 92.4 Å². The van der Waals surface area contributed by atoms with Gasteiger partial charge in [-0.05, 0) is 93.1 Å². The molecular formula is C28H46O3. The van der Waals surface area contributed by atoms with Crippen molar-refractivity contribution >= 4 is 0 Å². The molecule has 3 heteroatoms. The molecule has 0 aromatic carbocycles. The third kappa shape index (κ3) is 5.37. The van der Waals surface area contributed by atoms with Crippen LogP contribution in [0.5, 0.6) is 0 Å². The van der Waals surface area contributed by atoms with Gasteiger partial charge in [-0.3, -0.25) is 0 Å². The van der Waals surface area contributed by atoms with Crippen LogP contribution in [0.3, 0.4) is 0 Å². The first-order chi connectivity index (χ1) is 14.4. The minimum absolute atomic E-state index is 0.149. The van der Waals surface area contributed by atoms with E-state index in [4.69, 9.17) is 0 Å². The van der Waals surface area contributed by atoms with Gasteiger partial charge >= 0.3 is 0 Å². The standard InChI is InChI=1S/C28H46O3/c1-18(9-7-15-27(4,5)31)23-13-14-24-21(10-8-16-28(23,24)6)11-12-22-17-25(29)20(3)26(30)19(22)2/h11-12,18,20,23-26,29-31H,2,7-10,13-17H2,1,3-6H3/b21-11?,22-12-/t18-,20-,23-,24?,25+,26-,28-/m1/s1. The molecule has 0 amide bonds. The molecule has 0 aromatic heterocycles. The second kappa shape index (κ2) is 9.53. The van der Waals surface area contributed by atoms with E-state index in [1.807, 2.05) is 20.8 Å². The Bertz CT molecular complexity index is 712. The van der Waals surface area contributed by atoms with Crippen molar-refractivity contribution in [2.24, 2.45) is 29.1 Å². The van der Waals surface area contributed by atoms with E-state index in [2.05, 4.69) is 32.6 Å². The second-order valence-electron chi connectivity index (χ2n) is 11.8. The summed E-state index contributed by atoms with van der Waals surface area (Å²) < 4.78 is 0. The highest BCUT2D eigenvalue weighted by Crippen LogP contribution is 2.60. The van der Waals surface area contributed by atoms with Crippen LogP contribution in [0.15, 0.2) is 35.5 Å². The van der Waals surface area contributed by atoms with Gasteiger partial charge in [0.1, 0.15) is 0 Å². The molecule has 3 aliphatic rings. The molecule has 1 unspecified atom stereocenters. The first-order valence-corrected chi connectivity index (χ1v) is 12.6. The summed E-state index contributed by atoms with van der Waals surface area (Å²) in [6.45, 7) is 14.8. The van der Waals surface area contributed by atoms with E-state index in [1.54, 1.807) is 5.57 Å². The fourth-order valence-electron chi connectivity index (χ4n) is 6.91. The van der Waals surface area contributed by atoms with Crippen molar-refractivity contribution < 1.29 is 15.3 Å². The highest BCUT2D eigenvalue weighted by molar-refractivity contribution is 5.39. The molecule has 3 rings (SSSR count). The molecule has 3 aliphatic carbocycles. The van der Waals surface area contributed by atoms with E-state index in [0.717, 1.165) is 36.3 Å². The zero-order chi connectivity index (χ0) is 23.0. The second-order valence-corrected chi connectivity index (χ2v) is 11.8. The predicted octanol–water partition coefficient (Wildman–Crippen LogP) is 5.95. The normalized spacial score (nSPS) is 40.4. The first-order valence-electron chi connectivity index (χ1n) is 12.6. The van der Waals surface area contributed by atoms with E-state index < -0.39 is 17.8 Å². The summed E-state index contributed by atoms with van der Waals surface area (Å²) in [7, 11) is 0. The van der Waals surface area contributed by atoms with Crippen LogP contribution in [-0.2, 0) is 0 Å². The van der Waals surface area contributed by atoms with Gasteiger partial charge in [-0.1, -0.05) is 57.9 Å². The summed E-state index contributed by atoms with van der Waals surface area (Å²) >= 11 is 0. The quantitative estimate of drug-likeness (QED) is 0.488. The lowest BCUT2D eigenvalue weighted by molar-refractivity contribution is 0.0283. The lowest BCUT2D eigenvalue weighted by atomic mass is 9.60. The van der Waals surface area contributed by atoms with Crippen LogP contribution in [0.25, 0.3) is 0 Å². The topological polar surface area (TPSA) is 60.7 Å². The van der Waals surface area contributed by atoms with Crippen LogP contribution in [-0.4, -0.2) is 33.1 Å². The third-order valence-corrected chi connectivity index (χ3v) is 8.97. The van der Waals surface area contributed by atoms with Crippen molar-refractivity contribution in [3.8, 4) is 0 Å². The number of allylic oxidation sites excluding steroid dienone is 3. The van der Waals surface area contributed by atoms with Gasteiger partial charge in [0.25, 0.3) is 0 Å². The van der Waals surface area contributed by atoms with Crippen LogP contribution in [0, 0.1) is 29.1 Å². The molecule has 7 atom stereocenters. The maximum Gasteiger partial charge on any atom is 0.0837 e. The zero-order valence-corrected chi connectivity index (χ0v) is 20.5. The van der Waals surface area contributed by atoms with Crippen molar-refractivity contribution in [1.29, 1.82) is 0 Å². The fourth-order valence-corrected chi connectivity index (χ4v) is 6.91. The Labute approximate surface area is 190 Å². The number of hydrogen-bond donors (Lipinski definition) is 3. The molecule has 0 radical (unpaired) electrons. The molecule has 31 heavy (non-hydrogen) atoms. The Morgan fingerprint density at radius 3 is 2.61 bits per heavy atom. The van der Waals surface area contributed by atoms with Crippen LogP contribution in [0.2, 0.25) is 0 Å². The molecule has 3 nitrogen and oxygen atoms in total. The molecular weight excluding hydrogens is 384 g/mol. The van der Waals surface area contributed by atoms with Crippen molar-refractivity contribution in [1.82, 2.24) is 0 Å². The van der Waals surface area contributed by atoms with Gasteiger partial charge in [0, 0.05) is 5.92 Å². The molecule has 0 saturated heterocycles. The number of aliphatic hydroxyl groups is 3. The van der Waals surface area contributed by atoms with Crippen LogP contribution in [0.4, 0.5) is 0 Å². The van der Waals surface area contributed by atoms with Crippen molar-refractivity contribution in [2.45, 2.75) is 110 Å². The monoisotopic (exact) mass is 430 g/mol. The average Bonchev–Trinajstić information content (AvgIpc) is 3.04. The summed E-state index contributed by atoms with van der Waals surface area (Å²) in [6, 6.07) is 0. The highest BCUT2D eigenvalue weighted by Gasteiger charge is 2.50. The summed E-state index contributed by atoms with van der Waals surface area (Å²) in [6.07, 6.45) is 13.4. The molecule has 0 spiro atoms. The highest BCUT2D eigenvalue weighted by atomic mass is 16.3. The van der Waals surface area contributed by atoms with E-state index in [9.17, 15) is 15.3 Å². The predicted molar refractivity (Wildman–Crippen MR) is 129 cm³/mol. The molecule has 0 aromatic rings. The molecule has 3 N–H and O–H groups in total. The maximum absolute atomic E-state index is 10.4. The third-order valence-electron chi connectivity index (χ3n) is 8.97.